The number of carboxylic acids is 1. The van der Waals surface area contributed by atoms with Crippen LogP contribution in [0.4, 0.5) is 0 Å². The summed E-state index contributed by atoms with van der Waals surface area (Å²) in [4.78, 5) is 19.7. The van der Waals surface area contributed by atoms with Crippen LogP contribution < -0.4 is 4.74 Å². The maximum absolute atomic E-state index is 10.8. The number of nitrogens with zero attached hydrogens (tertiary/aromatic N) is 3. The van der Waals surface area contributed by atoms with E-state index >= 15 is 0 Å². The van der Waals surface area contributed by atoms with Crippen LogP contribution >= 0.6 is 11.8 Å². The number of pyridine rings is 1. The topological polar surface area (TPSA) is 77.2 Å². The minimum absolute atomic E-state index is 0.00385. The van der Waals surface area contributed by atoms with Crippen molar-refractivity contribution in [3.8, 4) is 5.88 Å². The molecule has 3 rings (SSSR count). The predicted octanol–water partition coefficient (Wildman–Crippen LogP) is 2.42. The summed E-state index contributed by atoms with van der Waals surface area (Å²) in [6, 6.07) is 3.63. The zero-order valence-corrected chi connectivity index (χ0v) is 12.6. The van der Waals surface area contributed by atoms with E-state index in [2.05, 4.69) is 9.97 Å². The number of methoxy groups -OCH3 is 1. The number of thioether (sulfide) groups is 1. The zero-order chi connectivity index (χ0) is 14.8. The molecule has 2 aromatic heterocycles. The molecule has 0 amide bonds. The molecule has 1 aliphatic carbocycles. The van der Waals surface area contributed by atoms with Crippen LogP contribution in [0.15, 0.2) is 17.3 Å². The summed E-state index contributed by atoms with van der Waals surface area (Å²) < 4.78 is 7.19. The van der Waals surface area contributed by atoms with Gasteiger partial charge in [-0.3, -0.25) is 4.79 Å². The van der Waals surface area contributed by atoms with Gasteiger partial charge in [0.2, 0.25) is 5.88 Å². The Morgan fingerprint density at radius 2 is 2.29 bits per heavy atom. The van der Waals surface area contributed by atoms with Gasteiger partial charge in [-0.25, -0.2) is 4.98 Å². The van der Waals surface area contributed by atoms with Crippen LogP contribution in [0, 0.1) is 5.92 Å². The van der Waals surface area contributed by atoms with Crippen LogP contribution in [0.5, 0.6) is 5.88 Å². The number of hydrogen-bond donors (Lipinski definition) is 1. The van der Waals surface area contributed by atoms with Crippen molar-refractivity contribution in [2.24, 2.45) is 5.92 Å². The molecule has 2 heterocycles. The van der Waals surface area contributed by atoms with Crippen molar-refractivity contribution in [3.63, 3.8) is 0 Å². The van der Waals surface area contributed by atoms with Gasteiger partial charge in [0.05, 0.1) is 12.9 Å². The molecule has 112 valence electrons. The highest BCUT2D eigenvalue weighted by Crippen LogP contribution is 2.34. The molecule has 0 radical (unpaired) electrons. The van der Waals surface area contributed by atoms with Gasteiger partial charge in [-0.2, -0.15) is 4.98 Å². The molecular weight excluding hydrogens is 290 g/mol. The first-order valence-corrected chi connectivity index (χ1v) is 7.92. The summed E-state index contributed by atoms with van der Waals surface area (Å²) in [6.07, 6.45) is 3.67. The Morgan fingerprint density at radius 1 is 1.48 bits per heavy atom. The molecule has 0 aliphatic heterocycles. The molecule has 0 aromatic carbocycles. The van der Waals surface area contributed by atoms with E-state index in [1.807, 2.05) is 10.6 Å². The lowest BCUT2D eigenvalue weighted by Crippen LogP contribution is -2.05. The van der Waals surface area contributed by atoms with Gasteiger partial charge in [0.15, 0.2) is 10.8 Å². The molecule has 1 fully saturated rings. The van der Waals surface area contributed by atoms with Crippen LogP contribution in [-0.2, 0) is 11.3 Å². The molecular formula is C14H17N3O3S. The summed E-state index contributed by atoms with van der Waals surface area (Å²) >= 11 is 1.24. The van der Waals surface area contributed by atoms with E-state index in [1.54, 1.807) is 13.2 Å². The second-order valence-electron chi connectivity index (χ2n) is 5.16. The fourth-order valence-electron chi connectivity index (χ4n) is 2.23. The van der Waals surface area contributed by atoms with Gasteiger partial charge in [-0.1, -0.05) is 24.6 Å². The number of hydrogen-bond acceptors (Lipinski definition) is 5. The second-order valence-corrected chi connectivity index (χ2v) is 6.10. The Morgan fingerprint density at radius 3 is 2.95 bits per heavy atom. The first kappa shape index (κ1) is 14.2. The molecule has 0 saturated heterocycles. The van der Waals surface area contributed by atoms with E-state index < -0.39 is 5.97 Å². The quantitative estimate of drug-likeness (QED) is 0.792. The van der Waals surface area contributed by atoms with Gasteiger partial charge >= 0.3 is 5.97 Å². The van der Waals surface area contributed by atoms with E-state index in [4.69, 9.17) is 9.84 Å². The Bertz CT molecular complexity index is 667. The maximum Gasteiger partial charge on any atom is 0.313 e. The third-order valence-corrected chi connectivity index (χ3v) is 4.48. The standard InChI is InChI=1S/C14H17N3O3S/c1-20-11-5-4-10-13(16-11)17(7-6-9-2-3-9)14(15-10)21-8-12(18)19/h4-5,9H,2-3,6-8H2,1H3,(H,18,19). The van der Waals surface area contributed by atoms with Gasteiger partial charge < -0.3 is 14.4 Å². The Labute approximate surface area is 126 Å². The predicted molar refractivity (Wildman–Crippen MR) is 79.8 cm³/mol. The summed E-state index contributed by atoms with van der Waals surface area (Å²) in [6.45, 7) is 0.823. The van der Waals surface area contributed by atoms with Gasteiger partial charge in [-0.15, -0.1) is 0 Å². The van der Waals surface area contributed by atoms with E-state index in [0.717, 1.165) is 30.0 Å². The molecule has 1 saturated carbocycles. The van der Waals surface area contributed by atoms with Crippen molar-refractivity contribution in [1.82, 2.24) is 14.5 Å². The fourth-order valence-corrected chi connectivity index (χ4v) is 2.98. The first-order chi connectivity index (χ1) is 10.2. The third-order valence-electron chi connectivity index (χ3n) is 3.52. The summed E-state index contributed by atoms with van der Waals surface area (Å²) in [5.41, 5.74) is 1.54. The van der Waals surface area contributed by atoms with E-state index in [9.17, 15) is 4.79 Å². The molecule has 1 N–H and O–H groups in total. The van der Waals surface area contributed by atoms with E-state index in [0.29, 0.717) is 11.0 Å². The Kier molecular flexibility index (Phi) is 4.01. The highest BCUT2D eigenvalue weighted by molar-refractivity contribution is 7.99. The number of rotatable bonds is 7. The molecule has 21 heavy (non-hydrogen) atoms. The number of aliphatic carboxylic acids is 1. The van der Waals surface area contributed by atoms with Crippen LogP contribution in [0.25, 0.3) is 11.2 Å². The van der Waals surface area contributed by atoms with Crippen LogP contribution in [-0.4, -0.2) is 38.5 Å². The number of carboxylic acid groups (broad SMARTS) is 1. The lowest BCUT2D eigenvalue weighted by atomic mass is 10.3. The number of carbonyl (C=O) groups is 1. The molecule has 1 aliphatic rings. The molecule has 6 nitrogen and oxygen atoms in total. The average molecular weight is 307 g/mol. The smallest absolute Gasteiger partial charge is 0.313 e. The fraction of sp³-hybridized carbons (Fsp3) is 0.500. The molecule has 2 aromatic rings. The van der Waals surface area contributed by atoms with Gasteiger partial charge in [0, 0.05) is 12.6 Å². The maximum atomic E-state index is 10.8. The number of ether oxygens (including phenoxy) is 1. The molecule has 0 bridgehead atoms. The molecule has 0 atom stereocenters. The molecule has 7 heteroatoms. The largest absolute Gasteiger partial charge is 0.481 e. The van der Waals surface area contributed by atoms with Crippen molar-refractivity contribution in [3.05, 3.63) is 12.1 Å². The van der Waals surface area contributed by atoms with Crippen molar-refractivity contribution >= 4 is 28.9 Å². The zero-order valence-electron chi connectivity index (χ0n) is 11.8. The van der Waals surface area contributed by atoms with E-state index in [1.165, 1.54) is 24.6 Å². The lowest BCUT2D eigenvalue weighted by molar-refractivity contribution is -0.133. The van der Waals surface area contributed by atoms with Gasteiger partial charge in [0.1, 0.15) is 5.52 Å². The highest BCUT2D eigenvalue weighted by Gasteiger charge is 2.22. The van der Waals surface area contributed by atoms with Crippen molar-refractivity contribution in [2.45, 2.75) is 31.0 Å². The van der Waals surface area contributed by atoms with Crippen molar-refractivity contribution < 1.29 is 14.6 Å². The second kappa shape index (κ2) is 5.93. The van der Waals surface area contributed by atoms with Crippen LogP contribution in [0.1, 0.15) is 19.3 Å². The van der Waals surface area contributed by atoms with Crippen LogP contribution in [0.2, 0.25) is 0 Å². The number of fused-ring (bicyclic) bond motifs is 1. The average Bonchev–Trinajstić information content (AvgIpc) is 3.23. The normalized spacial score (nSPS) is 14.5. The van der Waals surface area contributed by atoms with E-state index in [-0.39, 0.29) is 5.75 Å². The number of aryl methyl sites for hydroxylation is 1. The highest BCUT2D eigenvalue weighted by atomic mass is 32.2. The summed E-state index contributed by atoms with van der Waals surface area (Å²) in [7, 11) is 1.58. The molecule has 0 unspecified atom stereocenters. The Balaban J connectivity index is 1.93. The Hall–Kier alpha value is -1.76. The lowest BCUT2D eigenvalue weighted by Gasteiger charge is -2.07. The van der Waals surface area contributed by atoms with Gasteiger partial charge in [0.25, 0.3) is 0 Å². The van der Waals surface area contributed by atoms with Crippen molar-refractivity contribution in [1.29, 1.82) is 0 Å². The van der Waals surface area contributed by atoms with Gasteiger partial charge in [-0.05, 0) is 18.4 Å². The minimum Gasteiger partial charge on any atom is -0.481 e. The first-order valence-electron chi connectivity index (χ1n) is 6.93. The van der Waals surface area contributed by atoms with Crippen LogP contribution in [0.3, 0.4) is 0 Å². The van der Waals surface area contributed by atoms with Crippen molar-refractivity contribution in [2.75, 3.05) is 12.9 Å². The minimum atomic E-state index is -0.841. The SMILES string of the molecule is COc1ccc2nc(SCC(=O)O)n(CCC3CC3)c2n1. The number of aromatic nitrogens is 3. The monoisotopic (exact) mass is 307 g/mol. The molecule has 0 spiro atoms. The summed E-state index contributed by atoms with van der Waals surface area (Å²) in [5, 5.41) is 9.57. The third kappa shape index (κ3) is 3.29. The number of imidazole rings is 1. The summed E-state index contributed by atoms with van der Waals surface area (Å²) in [5.74, 6) is 0.505.